The molecule has 0 radical (unpaired) electrons. The van der Waals surface area contributed by atoms with Crippen molar-refractivity contribution in [2.75, 3.05) is 0 Å². The summed E-state index contributed by atoms with van der Waals surface area (Å²) in [7, 11) is 0. The van der Waals surface area contributed by atoms with E-state index in [9.17, 15) is 5.11 Å². The van der Waals surface area contributed by atoms with Crippen molar-refractivity contribution in [1.82, 2.24) is 4.98 Å². The molecule has 5 nitrogen and oxygen atoms in total. The number of para-hydroxylation sites is 1. The summed E-state index contributed by atoms with van der Waals surface area (Å²) in [5.41, 5.74) is 3.82. The van der Waals surface area contributed by atoms with Gasteiger partial charge in [0.25, 0.3) is 0 Å². The second-order valence-electron chi connectivity index (χ2n) is 8.85. The number of pyridine rings is 1. The van der Waals surface area contributed by atoms with E-state index in [4.69, 9.17) is 14.5 Å². The molecule has 0 saturated heterocycles. The highest BCUT2D eigenvalue weighted by Gasteiger charge is 2.51. The van der Waals surface area contributed by atoms with Crippen molar-refractivity contribution in [2.24, 2.45) is 4.99 Å². The van der Waals surface area contributed by atoms with Gasteiger partial charge in [-0.25, -0.2) is 9.98 Å². The summed E-state index contributed by atoms with van der Waals surface area (Å²) < 4.78 is 12.4. The van der Waals surface area contributed by atoms with Gasteiger partial charge in [-0.2, -0.15) is 0 Å². The molecule has 1 N–H and O–H groups in total. The first-order valence-corrected chi connectivity index (χ1v) is 10.7. The largest absolute Gasteiger partial charge is 0.506 e. The van der Waals surface area contributed by atoms with E-state index in [1.54, 1.807) is 18.2 Å². The van der Waals surface area contributed by atoms with E-state index in [0.29, 0.717) is 23.0 Å². The number of benzene rings is 3. The van der Waals surface area contributed by atoms with Gasteiger partial charge >= 0.3 is 0 Å². The van der Waals surface area contributed by atoms with E-state index in [1.807, 2.05) is 36.4 Å². The highest BCUT2D eigenvalue weighted by atomic mass is 16.5. The van der Waals surface area contributed by atoms with Gasteiger partial charge in [0, 0.05) is 22.4 Å². The molecule has 1 aliphatic heterocycles. The molecule has 4 aromatic rings. The molecular formula is C27H22N2O3. The normalized spacial score (nSPS) is 20.4. The third-order valence-electron chi connectivity index (χ3n) is 6.46. The van der Waals surface area contributed by atoms with Crippen LogP contribution in [0.1, 0.15) is 36.6 Å². The summed E-state index contributed by atoms with van der Waals surface area (Å²) >= 11 is 0. The molecule has 1 aliphatic carbocycles. The fourth-order valence-corrected chi connectivity index (χ4v) is 4.80. The average Bonchev–Trinajstić information content (AvgIpc) is 3.34. The molecule has 6 rings (SSSR count). The van der Waals surface area contributed by atoms with Crippen LogP contribution in [0.15, 0.2) is 83.9 Å². The van der Waals surface area contributed by atoms with E-state index in [0.717, 1.165) is 10.9 Å². The quantitative estimate of drug-likeness (QED) is 0.446. The summed E-state index contributed by atoms with van der Waals surface area (Å²) in [6.07, 6.45) is -0.0640. The standard InChI is InChI=1S/C27H22N2O3/c1-27(2)20-11-4-3-10-19(20)24-25(27)29-26(32-24)17-8-5-9-18(15-17)31-22-14-13-16-7-6-12-21(30)23(16)28-22/h3-15,24-25,30H,1-2H3/t24-,25+/m0/s1. The summed E-state index contributed by atoms with van der Waals surface area (Å²) in [5, 5.41) is 10.9. The highest BCUT2D eigenvalue weighted by molar-refractivity contribution is 5.96. The molecule has 2 heterocycles. The maximum absolute atomic E-state index is 10.1. The molecule has 0 amide bonds. The maximum Gasteiger partial charge on any atom is 0.219 e. The second-order valence-corrected chi connectivity index (χ2v) is 8.85. The van der Waals surface area contributed by atoms with Crippen LogP contribution >= 0.6 is 0 Å². The van der Waals surface area contributed by atoms with E-state index < -0.39 is 0 Å². The number of aromatic nitrogens is 1. The number of aromatic hydroxyl groups is 1. The van der Waals surface area contributed by atoms with Crippen molar-refractivity contribution in [2.45, 2.75) is 31.4 Å². The van der Waals surface area contributed by atoms with Crippen LogP contribution < -0.4 is 4.74 Å². The molecule has 2 atom stereocenters. The van der Waals surface area contributed by atoms with E-state index in [-0.39, 0.29) is 23.3 Å². The van der Waals surface area contributed by atoms with Gasteiger partial charge in [-0.15, -0.1) is 0 Å². The number of hydrogen-bond acceptors (Lipinski definition) is 5. The monoisotopic (exact) mass is 422 g/mol. The highest BCUT2D eigenvalue weighted by Crippen LogP contribution is 2.51. The first-order chi connectivity index (χ1) is 15.5. The van der Waals surface area contributed by atoms with Crippen LogP contribution in [0.5, 0.6) is 17.4 Å². The van der Waals surface area contributed by atoms with Gasteiger partial charge in [0.15, 0.2) is 0 Å². The number of fused-ring (bicyclic) bond motifs is 4. The van der Waals surface area contributed by atoms with Gasteiger partial charge in [-0.1, -0.05) is 56.3 Å². The van der Waals surface area contributed by atoms with E-state index >= 15 is 0 Å². The van der Waals surface area contributed by atoms with Crippen molar-refractivity contribution in [3.8, 4) is 17.4 Å². The molecule has 1 aromatic heterocycles. The predicted octanol–water partition coefficient (Wildman–Crippen LogP) is 5.91. The average molecular weight is 422 g/mol. The Bertz CT molecular complexity index is 1390. The Morgan fingerprint density at radius 2 is 1.78 bits per heavy atom. The fourth-order valence-electron chi connectivity index (χ4n) is 4.80. The number of phenolic OH excluding ortho intramolecular Hbond substituents is 1. The molecule has 0 fully saturated rings. The predicted molar refractivity (Wildman–Crippen MR) is 124 cm³/mol. The molecule has 158 valence electrons. The van der Waals surface area contributed by atoms with Crippen LogP contribution in [0.3, 0.4) is 0 Å². The van der Waals surface area contributed by atoms with Gasteiger partial charge < -0.3 is 14.6 Å². The topological polar surface area (TPSA) is 63.9 Å². The summed E-state index contributed by atoms with van der Waals surface area (Å²) in [6.45, 7) is 4.46. The van der Waals surface area contributed by atoms with Crippen LogP contribution in [0.4, 0.5) is 0 Å². The molecule has 0 spiro atoms. The minimum absolute atomic E-state index is 0.0459. The van der Waals surface area contributed by atoms with Gasteiger partial charge in [0.1, 0.15) is 29.2 Å². The van der Waals surface area contributed by atoms with Crippen LogP contribution in [0.2, 0.25) is 0 Å². The lowest BCUT2D eigenvalue weighted by molar-refractivity contribution is 0.186. The molecule has 0 saturated carbocycles. The Morgan fingerprint density at radius 3 is 2.69 bits per heavy atom. The van der Waals surface area contributed by atoms with Crippen LogP contribution in [0.25, 0.3) is 10.9 Å². The third kappa shape index (κ3) is 2.85. The zero-order valence-electron chi connectivity index (χ0n) is 17.8. The van der Waals surface area contributed by atoms with Gasteiger partial charge in [0.05, 0.1) is 0 Å². The molecular weight excluding hydrogens is 400 g/mol. The lowest BCUT2D eigenvalue weighted by Gasteiger charge is -2.23. The molecule has 0 unspecified atom stereocenters. The Labute approximate surface area is 186 Å². The van der Waals surface area contributed by atoms with E-state index in [2.05, 4.69) is 43.1 Å². The Kier molecular flexibility index (Phi) is 4.02. The molecule has 3 aromatic carbocycles. The van der Waals surface area contributed by atoms with Crippen LogP contribution in [0, 0.1) is 0 Å². The fraction of sp³-hybridized carbons (Fsp3) is 0.185. The Balaban J connectivity index is 1.30. The summed E-state index contributed by atoms with van der Waals surface area (Å²) in [6, 6.07) is 25.2. The molecule has 32 heavy (non-hydrogen) atoms. The summed E-state index contributed by atoms with van der Waals surface area (Å²) in [4.78, 5) is 9.43. The first-order valence-electron chi connectivity index (χ1n) is 10.7. The number of aliphatic imine (C=N–C) groups is 1. The SMILES string of the molecule is CC1(C)c2ccccc2[C@@H]2OC(c3cccc(Oc4ccc5cccc(O)c5n4)c3)=N[C@H]21. The lowest BCUT2D eigenvalue weighted by Crippen LogP contribution is -2.27. The van der Waals surface area contributed by atoms with Gasteiger partial charge in [-0.3, -0.25) is 0 Å². The number of hydrogen-bond donors (Lipinski definition) is 1. The van der Waals surface area contributed by atoms with Crippen molar-refractivity contribution in [1.29, 1.82) is 0 Å². The minimum Gasteiger partial charge on any atom is -0.506 e. The molecule has 2 aliphatic rings. The number of nitrogens with zero attached hydrogens (tertiary/aromatic N) is 2. The zero-order chi connectivity index (χ0) is 21.9. The smallest absolute Gasteiger partial charge is 0.219 e. The second kappa shape index (κ2) is 6.82. The first kappa shape index (κ1) is 18.9. The van der Waals surface area contributed by atoms with Crippen molar-refractivity contribution < 1.29 is 14.6 Å². The van der Waals surface area contributed by atoms with Gasteiger partial charge in [0.2, 0.25) is 11.8 Å². The van der Waals surface area contributed by atoms with Crippen LogP contribution in [-0.2, 0) is 10.2 Å². The number of rotatable bonds is 3. The number of phenols is 1. The molecule has 0 bridgehead atoms. The zero-order valence-corrected chi connectivity index (χ0v) is 17.8. The van der Waals surface area contributed by atoms with E-state index in [1.165, 1.54) is 11.1 Å². The minimum atomic E-state index is -0.0891. The van der Waals surface area contributed by atoms with Crippen molar-refractivity contribution >= 4 is 16.8 Å². The maximum atomic E-state index is 10.1. The van der Waals surface area contributed by atoms with Crippen LogP contribution in [-0.4, -0.2) is 22.0 Å². The molecule has 5 heteroatoms. The van der Waals surface area contributed by atoms with Gasteiger partial charge in [-0.05, 0) is 41.5 Å². The lowest BCUT2D eigenvalue weighted by atomic mass is 9.83. The third-order valence-corrected chi connectivity index (χ3v) is 6.46. The summed E-state index contributed by atoms with van der Waals surface area (Å²) in [5.74, 6) is 1.81. The Hall–Kier alpha value is -3.86. The number of ether oxygens (including phenoxy) is 2. The Morgan fingerprint density at radius 1 is 0.938 bits per heavy atom. The van der Waals surface area contributed by atoms with Crippen molar-refractivity contribution in [3.63, 3.8) is 0 Å². The van der Waals surface area contributed by atoms with Crippen molar-refractivity contribution in [3.05, 3.63) is 95.6 Å².